The van der Waals surface area contributed by atoms with Crippen LogP contribution in [-0.4, -0.2) is 16.1 Å². The summed E-state index contributed by atoms with van der Waals surface area (Å²) in [5.74, 6) is -1.40. The Kier molecular flexibility index (Phi) is 3.46. The third kappa shape index (κ3) is 2.59. The Labute approximate surface area is 104 Å². The van der Waals surface area contributed by atoms with E-state index in [-0.39, 0.29) is 18.2 Å². The van der Waals surface area contributed by atoms with Gasteiger partial charge in [-0.15, -0.1) is 0 Å². The molecule has 18 heavy (non-hydrogen) atoms. The molecule has 0 bridgehead atoms. The van der Waals surface area contributed by atoms with Crippen molar-refractivity contribution in [1.29, 1.82) is 0 Å². The van der Waals surface area contributed by atoms with E-state index in [1.54, 1.807) is 31.5 Å². The van der Waals surface area contributed by atoms with Crippen LogP contribution >= 0.6 is 0 Å². The fraction of sp³-hybridized carbons (Fsp3) is 0.214. The van der Waals surface area contributed by atoms with Gasteiger partial charge in [0.15, 0.2) is 0 Å². The normalized spacial score (nSPS) is 12.3. The van der Waals surface area contributed by atoms with Crippen molar-refractivity contribution in [3.8, 4) is 0 Å². The molecule has 0 aliphatic carbocycles. The van der Waals surface area contributed by atoms with E-state index in [9.17, 15) is 9.18 Å². The zero-order valence-corrected chi connectivity index (χ0v) is 9.98. The highest BCUT2D eigenvalue weighted by molar-refractivity contribution is 5.69. The highest BCUT2D eigenvalue weighted by Gasteiger charge is 2.18. The fourth-order valence-electron chi connectivity index (χ4n) is 2.04. The Hall–Kier alpha value is -2.10. The summed E-state index contributed by atoms with van der Waals surface area (Å²) in [5.41, 5.74) is 2.23. The van der Waals surface area contributed by atoms with Gasteiger partial charge in [0.1, 0.15) is 5.82 Å². The smallest absolute Gasteiger partial charge is 0.304 e. The zero-order valence-electron chi connectivity index (χ0n) is 9.98. The minimum atomic E-state index is -0.872. The Balaban J connectivity index is 2.39. The summed E-state index contributed by atoms with van der Waals surface area (Å²) in [6.07, 6.45) is 3.51. The summed E-state index contributed by atoms with van der Waals surface area (Å²) in [5, 5.41) is 8.98. The van der Waals surface area contributed by atoms with Crippen molar-refractivity contribution < 1.29 is 14.3 Å². The Morgan fingerprint density at radius 3 is 2.72 bits per heavy atom. The fourth-order valence-corrected chi connectivity index (χ4v) is 2.04. The zero-order chi connectivity index (χ0) is 13.1. The second-order valence-electron chi connectivity index (χ2n) is 4.30. The topological polar surface area (TPSA) is 53.1 Å². The summed E-state index contributed by atoms with van der Waals surface area (Å²) in [6, 6.07) is 6.57. The second-order valence-corrected chi connectivity index (χ2v) is 4.30. The standard InChI is InChI=1S/C14H14FNO2/c1-9-6-10(2-3-13(9)15)12(7-14(17)18)11-4-5-16-8-11/h2-6,8,12,16H,7H2,1H3,(H,17,18). The SMILES string of the molecule is Cc1cc(C(CC(=O)O)c2cc[nH]c2)ccc1F. The van der Waals surface area contributed by atoms with Gasteiger partial charge in [0.2, 0.25) is 0 Å². The number of aromatic amines is 1. The van der Waals surface area contributed by atoms with E-state index in [0.717, 1.165) is 11.1 Å². The number of H-pyrrole nitrogens is 1. The van der Waals surface area contributed by atoms with Crippen molar-refractivity contribution >= 4 is 5.97 Å². The quantitative estimate of drug-likeness (QED) is 0.872. The Bertz CT molecular complexity index is 549. The molecule has 94 valence electrons. The van der Waals surface area contributed by atoms with Crippen LogP contribution in [0.15, 0.2) is 36.7 Å². The van der Waals surface area contributed by atoms with E-state index in [1.165, 1.54) is 6.07 Å². The van der Waals surface area contributed by atoms with Gasteiger partial charge in [-0.25, -0.2) is 4.39 Å². The van der Waals surface area contributed by atoms with E-state index in [2.05, 4.69) is 4.98 Å². The molecule has 0 fully saturated rings. The van der Waals surface area contributed by atoms with E-state index < -0.39 is 5.97 Å². The molecule has 0 saturated heterocycles. The number of halogens is 1. The first-order valence-electron chi connectivity index (χ1n) is 5.68. The van der Waals surface area contributed by atoms with Crippen molar-refractivity contribution in [2.45, 2.75) is 19.3 Å². The van der Waals surface area contributed by atoms with E-state index >= 15 is 0 Å². The molecule has 1 atom stereocenters. The molecular weight excluding hydrogens is 233 g/mol. The summed E-state index contributed by atoms with van der Waals surface area (Å²) in [6.45, 7) is 1.67. The lowest BCUT2D eigenvalue weighted by Crippen LogP contribution is -2.07. The summed E-state index contributed by atoms with van der Waals surface area (Å²) >= 11 is 0. The molecule has 1 aromatic carbocycles. The first kappa shape index (κ1) is 12.4. The summed E-state index contributed by atoms with van der Waals surface area (Å²) < 4.78 is 13.2. The van der Waals surface area contributed by atoms with Crippen LogP contribution in [0, 0.1) is 12.7 Å². The lowest BCUT2D eigenvalue weighted by Gasteiger charge is -2.15. The number of aryl methyl sites for hydroxylation is 1. The average Bonchev–Trinajstić information content (AvgIpc) is 2.83. The lowest BCUT2D eigenvalue weighted by molar-refractivity contribution is -0.137. The van der Waals surface area contributed by atoms with Crippen molar-refractivity contribution in [3.63, 3.8) is 0 Å². The van der Waals surface area contributed by atoms with Crippen LogP contribution in [0.25, 0.3) is 0 Å². The van der Waals surface area contributed by atoms with Crippen LogP contribution < -0.4 is 0 Å². The highest BCUT2D eigenvalue weighted by atomic mass is 19.1. The molecule has 0 spiro atoms. The number of carboxylic acid groups (broad SMARTS) is 1. The Morgan fingerprint density at radius 1 is 1.39 bits per heavy atom. The van der Waals surface area contributed by atoms with E-state index in [0.29, 0.717) is 5.56 Å². The van der Waals surface area contributed by atoms with Gasteiger partial charge >= 0.3 is 5.97 Å². The number of rotatable bonds is 4. The number of nitrogens with one attached hydrogen (secondary N) is 1. The maximum Gasteiger partial charge on any atom is 0.304 e. The molecule has 2 N–H and O–H groups in total. The van der Waals surface area contributed by atoms with Gasteiger partial charge in [0.05, 0.1) is 6.42 Å². The second kappa shape index (κ2) is 5.04. The molecule has 0 radical (unpaired) electrons. The first-order valence-corrected chi connectivity index (χ1v) is 5.68. The van der Waals surface area contributed by atoms with Crippen molar-refractivity contribution in [2.24, 2.45) is 0 Å². The largest absolute Gasteiger partial charge is 0.481 e. The predicted octanol–water partition coefficient (Wildman–Crippen LogP) is 3.07. The van der Waals surface area contributed by atoms with E-state index in [1.807, 2.05) is 6.07 Å². The number of carboxylic acids is 1. The molecule has 0 amide bonds. The summed E-state index contributed by atoms with van der Waals surface area (Å²) in [7, 11) is 0. The van der Waals surface area contributed by atoms with Gasteiger partial charge in [0.25, 0.3) is 0 Å². The third-order valence-electron chi connectivity index (χ3n) is 2.99. The molecule has 2 aromatic rings. The maximum atomic E-state index is 13.2. The van der Waals surface area contributed by atoms with Gasteiger partial charge in [-0.1, -0.05) is 12.1 Å². The monoisotopic (exact) mass is 247 g/mol. The van der Waals surface area contributed by atoms with Crippen LogP contribution in [0.5, 0.6) is 0 Å². The lowest BCUT2D eigenvalue weighted by atomic mass is 9.89. The van der Waals surface area contributed by atoms with Gasteiger partial charge in [-0.2, -0.15) is 0 Å². The molecule has 4 heteroatoms. The van der Waals surface area contributed by atoms with Crippen LogP contribution in [0.2, 0.25) is 0 Å². The molecule has 3 nitrogen and oxygen atoms in total. The predicted molar refractivity (Wildman–Crippen MR) is 66.0 cm³/mol. The molecular formula is C14H14FNO2. The number of benzene rings is 1. The summed E-state index contributed by atoms with van der Waals surface area (Å²) in [4.78, 5) is 13.9. The molecule has 1 heterocycles. The number of aliphatic carboxylic acids is 1. The van der Waals surface area contributed by atoms with Crippen LogP contribution in [0.1, 0.15) is 29.0 Å². The molecule has 1 unspecified atom stereocenters. The molecule has 1 aromatic heterocycles. The maximum absolute atomic E-state index is 13.2. The minimum absolute atomic E-state index is 0.0110. The number of hydrogen-bond acceptors (Lipinski definition) is 1. The molecule has 0 aliphatic heterocycles. The van der Waals surface area contributed by atoms with E-state index in [4.69, 9.17) is 5.11 Å². The highest BCUT2D eigenvalue weighted by Crippen LogP contribution is 2.28. The van der Waals surface area contributed by atoms with Crippen molar-refractivity contribution in [3.05, 3.63) is 59.2 Å². The van der Waals surface area contributed by atoms with Crippen LogP contribution in [0.4, 0.5) is 4.39 Å². The van der Waals surface area contributed by atoms with Gasteiger partial charge < -0.3 is 10.1 Å². The molecule has 0 saturated carbocycles. The Morgan fingerprint density at radius 2 is 2.17 bits per heavy atom. The van der Waals surface area contributed by atoms with Gasteiger partial charge in [-0.3, -0.25) is 4.79 Å². The first-order chi connectivity index (χ1) is 8.58. The van der Waals surface area contributed by atoms with Crippen molar-refractivity contribution in [1.82, 2.24) is 4.98 Å². The van der Waals surface area contributed by atoms with Crippen LogP contribution in [0.3, 0.4) is 0 Å². The number of aromatic nitrogens is 1. The third-order valence-corrected chi connectivity index (χ3v) is 2.99. The number of carbonyl (C=O) groups is 1. The van der Waals surface area contributed by atoms with Crippen molar-refractivity contribution in [2.75, 3.05) is 0 Å². The number of hydrogen-bond donors (Lipinski definition) is 2. The molecule has 2 rings (SSSR count). The van der Waals surface area contributed by atoms with Crippen LogP contribution in [-0.2, 0) is 4.79 Å². The molecule has 0 aliphatic rings. The van der Waals surface area contributed by atoms with Gasteiger partial charge in [-0.05, 0) is 35.7 Å². The average molecular weight is 247 g/mol. The van der Waals surface area contributed by atoms with Gasteiger partial charge in [0, 0.05) is 18.3 Å². The minimum Gasteiger partial charge on any atom is -0.481 e.